The van der Waals surface area contributed by atoms with Gasteiger partial charge in [0.15, 0.2) is 5.17 Å². The number of nitrogens with one attached hydrogen (secondary N) is 2. The van der Waals surface area contributed by atoms with Crippen molar-refractivity contribution >= 4 is 22.8 Å². The number of hydrogen-bond donors (Lipinski definition) is 2. The molecular weight excluding hydrogens is 214 g/mol. The molecule has 1 aliphatic heterocycles. The first-order chi connectivity index (χ1) is 7.29. The highest BCUT2D eigenvalue weighted by Crippen LogP contribution is 2.18. The molecular formula is C9H11N3O2S. The maximum atomic E-state index is 11.6. The van der Waals surface area contributed by atoms with Crippen molar-refractivity contribution < 1.29 is 9.21 Å². The topological polar surface area (TPSA) is 66.6 Å². The fraction of sp³-hybridized carbons (Fsp3) is 0.333. The molecule has 0 radical (unpaired) electrons. The van der Waals surface area contributed by atoms with Gasteiger partial charge in [-0.1, -0.05) is 18.7 Å². The zero-order valence-electron chi connectivity index (χ0n) is 8.19. The monoisotopic (exact) mass is 225 g/mol. The minimum absolute atomic E-state index is 0.200. The summed E-state index contributed by atoms with van der Waals surface area (Å²) in [5.41, 5.74) is 3.42. The fourth-order valence-electron chi connectivity index (χ4n) is 1.11. The molecule has 1 unspecified atom stereocenters. The molecule has 1 amide bonds. The van der Waals surface area contributed by atoms with Gasteiger partial charge in [-0.2, -0.15) is 5.10 Å². The molecule has 0 saturated heterocycles. The Morgan fingerprint density at radius 2 is 2.67 bits per heavy atom. The van der Waals surface area contributed by atoms with Gasteiger partial charge in [-0.15, -0.1) is 0 Å². The van der Waals surface area contributed by atoms with Crippen LogP contribution in [0.15, 0.2) is 28.1 Å². The van der Waals surface area contributed by atoms with Crippen LogP contribution >= 0.6 is 11.8 Å². The first-order valence-electron chi connectivity index (χ1n) is 4.63. The summed E-state index contributed by atoms with van der Waals surface area (Å²) in [6.07, 6.45) is 3.82. The van der Waals surface area contributed by atoms with Crippen molar-refractivity contribution in [1.29, 1.82) is 0 Å². The van der Waals surface area contributed by atoms with Crippen LogP contribution in [0.5, 0.6) is 0 Å². The second-order valence-electron chi connectivity index (χ2n) is 3.03. The Bertz CT molecular complexity index is 375. The minimum Gasteiger partial charge on any atom is -0.472 e. The summed E-state index contributed by atoms with van der Waals surface area (Å²) in [5.74, 6) is -0.200. The van der Waals surface area contributed by atoms with E-state index in [1.165, 1.54) is 24.3 Å². The molecule has 6 heteroatoms. The summed E-state index contributed by atoms with van der Waals surface area (Å²) in [6.45, 7) is 2.06. The number of furan rings is 1. The molecule has 0 saturated carbocycles. The van der Waals surface area contributed by atoms with E-state index in [0.717, 1.165) is 6.42 Å². The van der Waals surface area contributed by atoms with Gasteiger partial charge in [-0.3, -0.25) is 15.5 Å². The summed E-state index contributed by atoms with van der Waals surface area (Å²) in [6, 6.07) is 1.61. The highest BCUT2D eigenvalue weighted by molar-refractivity contribution is 8.14. The third-order valence-electron chi connectivity index (χ3n) is 1.94. The van der Waals surface area contributed by atoms with E-state index < -0.39 is 0 Å². The average molecular weight is 225 g/mol. The van der Waals surface area contributed by atoms with Crippen LogP contribution in [0.25, 0.3) is 0 Å². The Morgan fingerprint density at radius 1 is 1.80 bits per heavy atom. The van der Waals surface area contributed by atoms with Crippen LogP contribution in [0, 0.1) is 0 Å². The van der Waals surface area contributed by atoms with E-state index in [9.17, 15) is 4.79 Å². The van der Waals surface area contributed by atoms with Crippen LogP contribution < -0.4 is 10.7 Å². The number of amides is 1. The average Bonchev–Trinajstić information content (AvgIpc) is 2.87. The Balaban J connectivity index is 1.91. The normalized spacial score (nSPS) is 19.5. The summed E-state index contributed by atoms with van der Waals surface area (Å²) in [4.78, 5) is 11.6. The maximum absolute atomic E-state index is 11.6. The van der Waals surface area contributed by atoms with Crippen molar-refractivity contribution in [2.45, 2.75) is 18.7 Å². The molecule has 80 valence electrons. The molecule has 15 heavy (non-hydrogen) atoms. The fourth-order valence-corrected chi connectivity index (χ4v) is 1.91. The third-order valence-corrected chi connectivity index (χ3v) is 3.08. The van der Waals surface area contributed by atoms with Crippen molar-refractivity contribution in [1.82, 2.24) is 10.7 Å². The molecule has 0 bridgehead atoms. The van der Waals surface area contributed by atoms with Crippen LogP contribution in [0.4, 0.5) is 0 Å². The molecule has 2 N–H and O–H groups in total. The van der Waals surface area contributed by atoms with E-state index >= 15 is 0 Å². The third kappa shape index (κ3) is 2.33. The minimum atomic E-state index is -0.200. The van der Waals surface area contributed by atoms with Gasteiger partial charge in [0.25, 0.3) is 5.91 Å². The molecule has 0 spiro atoms. The van der Waals surface area contributed by atoms with Crippen molar-refractivity contribution in [3.63, 3.8) is 0 Å². The van der Waals surface area contributed by atoms with Gasteiger partial charge < -0.3 is 4.42 Å². The van der Waals surface area contributed by atoms with E-state index in [1.807, 2.05) is 0 Å². The van der Waals surface area contributed by atoms with Gasteiger partial charge >= 0.3 is 0 Å². The Morgan fingerprint density at radius 3 is 3.27 bits per heavy atom. The number of carbonyl (C=O) groups is 1. The number of hydrogen-bond acceptors (Lipinski definition) is 5. The number of nitrogens with zero attached hydrogens (tertiary/aromatic N) is 1. The van der Waals surface area contributed by atoms with Crippen LogP contribution in [-0.2, 0) is 0 Å². The molecule has 2 rings (SSSR count). The molecule has 0 fully saturated rings. The van der Waals surface area contributed by atoms with E-state index in [-0.39, 0.29) is 11.3 Å². The van der Waals surface area contributed by atoms with Crippen molar-refractivity contribution in [3.05, 3.63) is 24.2 Å². The SMILES string of the molecule is CCC1NN=C(NC(=O)c2ccoc2)S1. The van der Waals surface area contributed by atoms with Gasteiger partial charge in [0.1, 0.15) is 6.26 Å². The molecule has 1 aromatic rings. The van der Waals surface area contributed by atoms with E-state index in [2.05, 4.69) is 22.8 Å². The van der Waals surface area contributed by atoms with Crippen LogP contribution in [0.1, 0.15) is 23.7 Å². The molecule has 1 atom stereocenters. The summed E-state index contributed by atoms with van der Waals surface area (Å²) in [7, 11) is 0. The van der Waals surface area contributed by atoms with E-state index in [4.69, 9.17) is 4.42 Å². The van der Waals surface area contributed by atoms with E-state index in [0.29, 0.717) is 10.7 Å². The summed E-state index contributed by atoms with van der Waals surface area (Å²) in [5, 5.41) is 7.56. The summed E-state index contributed by atoms with van der Waals surface area (Å²) < 4.78 is 4.82. The molecule has 1 aromatic heterocycles. The number of amidine groups is 1. The molecule has 2 heterocycles. The zero-order chi connectivity index (χ0) is 10.7. The lowest BCUT2D eigenvalue weighted by atomic mass is 10.3. The zero-order valence-corrected chi connectivity index (χ0v) is 9.00. The number of carbonyl (C=O) groups excluding carboxylic acids is 1. The lowest BCUT2D eigenvalue weighted by molar-refractivity contribution is 0.0977. The van der Waals surface area contributed by atoms with Crippen LogP contribution in [0.2, 0.25) is 0 Å². The first kappa shape index (κ1) is 10.1. The largest absolute Gasteiger partial charge is 0.472 e. The Kier molecular flexibility index (Phi) is 2.96. The molecule has 5 nitrogen and oxygen atoms in total. The number of rotatable bonds is 2. The van der Waals surface area contributed by atoms with Crippen molar-refractivity contribution in [3.8, 4) is 0 Å². The lowest BCUT2D eigenvalue weighted by Gasteiger charge is -2.03. The van der Waals surface area contributed by atoms with E-state index in [1.54, 1.807) is 6.07 Å². The highest BCUT2D eigenvalue weighted by atomic mass is 32.2. The van der Waals surface area contributed by atoms with Gasteiger partial charge in [0.2, 0.25) is 0 Å². The van der Waals surface area contributed by atoms with Gasteiger partial charge in [-0.25, -0.2) is 0 Å². The van der Waals surface area contributed by atoms with Crippen molar-refractivity contribution in [2.75, 3.05) is 0 Å². The van der Waals surface area contributed by atoms with Gasteiger partial charge in [0, 0.05) is 0 Å². The standard InChI is InChI=1S/C9H11N3O2S/c1-2-7-11-12-9(15-7)10-8(13)6-3-4-14-5-6/h3-5,7,11H,2H2,1H3,(H,10,12,13). The van der Waals surface area contributed by atoms with Crippen molar-refractivity contribution in [2.24, 2.45) is 5.10 Å². The van der Waals surface area contributed by atoms with Crippen LogP contribution in [0.3, 0.4) is 0 Å². The number of hydrazone groups is 1. The highest BCUT2D eigenvalue weighted by Gasteiger charge is 2.19. The second-order valence-corrected chi connectivity index (χ2v) is 4.22. The predicted molar refractivity (Wildman–Crippen MR) is 58.4 cm³/mol. The number of thioether (sulfide) groups is 1. The smallest absolute Gasteiger partial charge is 0.260 e. The molecule has 0 aromatic carbocycles. The quantitative estimate of drug-likeness (QED) is 0.797. The lowest BCUT2D eigenvalue weighted by Crippen LogP contribution is -2.27. The van der Waals surface area contributed by atoms with Crippen LogP contribution in [-0.4, -0.2) is 16.4 Å². The van der Waals surface area contributed by atoms with Gasteiger partial charge in [-0.05, 0) is 12.5 Å². The Hall–Kier alpha value is -1.43. The van der Waals surface area contributed by atoms with Gasteiger partial charge in [0.05, 0.1) is 17.2 Å². The maximum Gasteiger partial charge on any atom is 0.260 e. The Labute approximate surface area is 91.3 Å². The summed E-state index contributed by atoms with van der Waals surface area (Å²) >= 11 is 1.51. The first-order valence-corrected chi connectivity index (χ1v) is 5.51. The molecule has 0 aliphatic carbocycles. The second kappa shape index (κ2) is 4.39. The predicted octanol–water partition coefficient (Wildman–Crippen LogP) is 1.35. The molecule has 1 aliphatic rings.